The molecule has 10 rings (SSSR count). The molecular formula is C48H54FN9O6S. The van der Waals surface area contributed by atoms with Gasteiger partial charge in [0.2, 0.25) is 12.1 Å². The fourth-order valence-corrected chi connectivity index (χ4v) is 11.5. The number of likely N-dealkylation sites (tertiary alicyclic amines) is 2. The average Bonchev–Trinajstić information content (AvgIpc) is 4.17. The molecule has 4 aromatic heterocycles. The average molecular weight is 904 g/mol. The van der Waals surface area contributed by atoms with Gasteiger partial charge < -0.3 is 39.7 Å². The van der Waals surface area contributed by atoms with Crippen LogP contribution in [0.2, 0.25) is 0 Å². The van der Waals surface area contributed by atoms with Crippen LogP contribution in [0, 0.1) is 11.7 Å². The monoisotopic (exact) mass is 903 g/mol. The van der Waals surface area contributed by atoms with Gasteiger partial charge in [-0.3, -0.25) is 14.3 Å². The zero-order valence-corrected chi connectivity index (χ0v) is 37.9. The van der Waals surface area contributed by atoms with Gasteiger partial charge in [-0.25, -0.2) is 23.9 Å². The standard InChI is InChI=1S/C48H54FN9O6S/c1-26(2)42(55-48(61)63-4)45(59)57-17-8-11-36(57)44-52-24-32(53-44)27-13-14-34-30(19-27)21-37-41-31(49)20-29(22-38(41)64-46(58(34)37)40-23-28-9-5-6-12-39(28)65-40)33-25-51-43(54-33)35-10-7-16-56(35)18-15-50-47(60)62-3/h13-14,19-26,35-36,42,46H,5-12,15-18H2,1-4H3,(H,50,60)(H,51,54)(H,52,53)(H,55,61). The van der Waals surface area contributed by atoms with E-state index in [9.17, 15) is 14.4 Å². The van der Waals surface area contributed by atoms with Crippen molar-refractivity contribution >= 4 is 40.3 Å². The second kappa shape index (κ2) is 17.6. The number of carbonyl (C=O) groups is 3. The number of rotatable bonds is 11. The first-order valence-corrected chi connectivity index (χ1v) is 23.5. The summed E-state index contributed by atoms with van der Waals surface area (Å²) in [5.74, 6) is 1.26. The Morgan fingerprint density at radius 3 is 2.40 bits per heavy atom. The Kier molecular flexibility index (Phi) is 11.6. The second-order valence-corrected chi connectivity index (χ2v) is 19.0. The molecule has 4 unspecified atom stereocenters. The summed E-state index contributed by atoms with van der Waals surface area (Å²) < 4.78 is 35.5. The molecule has 3 amide bonds. The molecule has 340 valence electrons. The summed E-state index contributed by atoms with van der Waals surface area (Å²) in [5, 5.41) is 6.40. The molecule has 65 heavy (non-hydrogen) atoms. The van der Waals surface area contributed by atoms with E-state index < -0.39 is 30.3 Å². The van der Waals surface area contributed by atoms with E-state index in [1.54, 1.807) is 34.7 Å². The van der Waals surface area contributed by atoms with Crippen LogP contribution in [-0.4, -0.2) is 98.8 Å². The van der Waals surface area contributed by atoms with E-state index in [0.29, 0.717) is 48.0 Å². The zero-order valence-electron chi connectivity index (χ0n) is 37.0. The maximum absolute atomic E-state index is 16.9. The zero-order chi connectivity index (χ0) is 44.9. The van der Waals surface area contributed by atoms with Gasteiger partial charge in [0.05, 0.1) is 71.7 Å². The summed E-state index contributed by atoms with van der Waals surface area (Å²) in [6.07, 6.45) is 9.86. The van der Waals surface area contributed by atoms with Gasteiger partial charge in [0.25, 0.3) is 0 Å². The quantitative estimate of drug-likeness (QED) is 0.0994. The molecule has 4 aliphatic rings. The molecule has 0 spiro atoms. The van der Waals surface area contributed by atoms with Crippen LogP contribution in [0.3, 0.4) is 0 Å². The smallest absolute Gasteiger partial charge is 0.407 e. The van der Waals surface area contributed by atoms with Gasteiger partial charge in [-0.05, 0) is 106 Å². The normalized spacial score (nSPS) is 19.7. The second-order valence-electron chi connectivity index (χ2n) is 17.8. The highest BCUT2D eigenvalue weighted by molar-refractivity contribution is 7.12. The number of alkyl carbamates (subject to hydrolysis) is 2. The number of methoxy groups -OCH3 is 2. The minimum Gasteiger partial charge on any atom is -0.464 e. The molecule has 0 saturated carbocycles. The third kappa shape index (κ3) is 8.02. The van der Waals surface area contributed by atoms with Crippen molar-refractivity contribution < 1.29 is 33.0 Å². The van der Waals surface area contributed by atoms with Crippen molar-refractivity contribution in [3.05, 3.63) is 87.6 Å². The number of ether oxygens (including phenoxy) is 3. The number of amides is 3. The molecule has 7 heterocycles. The third-order valence-corrected chi connectivity index (χ3v) is 14.7. The Morgan fingerprint density at radius 2 is 1.63 bits per heavy atom. The molecule has 0 bridgehead atoms. The maximum atomic E-state index is 16.9. The summed E-state index contributed by atoms with van der Waals surface area (Å²) in [6.45, 7) is 6.36. The summed E-state index contributed by atoms with van der Waals surface area (Å²) >= 11 is 1.79. The molecule has 3 aliphatic heterocycles. The first kappa shape index (κ1) is 42.7. The summed E-state index contributed by atoms with van der Waals surface area (Å²) in [7, 11) is 2.64. The van der Waals surface area contributed by atoms with E-state index >= 15 is 4.39 Å². The van der Waals surface area contributed by atoms with Crippen molar-refractivity contribution in [2.45, 2.75) is 89.6 Å². The minimum absolute atomic E-state index is 0.0473. The van der Waals surface area contributed by atoms with Gasteiger partial charge in [0, 0.05) is 41.0 Å². The molecular weight excluding hydrogens is 850 g/mol. The first-order valence-electron chi connectivity index (χ1n) is 22.7. The molecule has 2 aromatic carbocycles. The number of hydrogen-bond acceptors (Lipinski definition) is 10. The molecule has 4 N–H and O–H groups in total. The summed E-state index contributed by atoms with van der Waals surface area (Å²) in [4.78, 5) is 60.7. The van der Waals surface area contributed by atoms with Crippen molar-refractivity contribution in [1.82, 2.24) is 44.9 Å². The largest absolute Gasteiger partial charge is 0.464 e. The van der Waals surface area contributed by atoms with Gasteiger partial charge in [-0.1, -0.05) is 19.9 Å². The Hall–Kier alpha value is -6.20. The van der Waals surface area contributed by atoms with Gasteiger partial charge >= 0.3 is 12.2 Å². The van der Waals surface area contributed by atoms with E-state index in [4.69, 9.17) is 24.2 Å². The highest BCUT2D eigenvalue weighted by Gasteiger charge is 2.38. The number of aromatic amines is 2. The molecule has 2 saturated heterocycles. The molecule has 6 aromatic rings. The Morgan fingerprint density at radius 1 is 0.892 bits per heavy atom. The van der Waals surface area contributed by atoms with Crippen LogP contribution < -0.4 is 15.4 Å². The number of thiophene rings is 1. The predicted molar refractivity (Wildman–Crippen MR) is 244 cm³/mol. The number of hydrogen-bond donors (Lipinski definition) is 4. The lowest BCUT2D eigenvalue weighted by atomic mass is 9.99. The lowest BCUT2D eigenvalue weighted by Crippen LogP contribution is -2.51. The molecule has 15 nitrogen and oxygen atoms in total. The molecule has 4 atom stereocenters. The fraction of sp³-hybridized carbons (Fsp3) is 0.438. The van der Waals surface area contributed by atoms with Crippen molar-refractivity contribution in [3.8, 4) is 39.5 Å². The number of aryl methyl sites for hydroxylation is 2. The van der Waals surface area contributed by atoms with Crippen LogP contribution in [0.25, 0.3) is 44.7 Å². The predicted octanol–water partition coefficient (Wildman–Crippen LogP) is 8.64. The van der Waals surface area contributed by atoms with Gasteiger partial charge in [-0.15, -0.1) is 11.3 Å². The van der Waals surface area contributed by atoms with Crippen LogP contribution in [0.1, 0.15) is 97.7 Å². The number of H-pyrrole nitrogens is 2. The van der Waals surface area contributed by atoms with Crippen LogP contribution >= 0.6 is 11.3 Å². The number of carbonyl (C=O) groups excluding carboxylic acids is 3. The third-order valence-electron chi connectivity index (χ3n) is 13.5. The van der Waals surface area contributed by atoms with Crippen molar-refractivity contribution in [3.63, 3.8) is 0 Å². The number of nitrogens with zero attached hydrogens (tertiary/aromatic N) is 5. The van der Waals surface area contributed by atoms with Gasteiger partial charge in [-0.2, -0.15) is 0 Å². The molecule has 0 radical (unpaired) electrons. The number of benzene rings is 2. The lowest BCUT2D eigenvalue weighted by molar-refractivity contribution is -0.135. The van der Waals surface area contributed by atoms with E-state index in [-0.39, 0.29) is 23.9 Å². The van der Waals surface area contributed by atoms with Crippen LogP contribution in [-0.2, 0) is 27.1 Å². The Bertz CT molecular complexity index is 2750. The number of imidazole rings is 2. The van der Waals surface area contributed by atoms with Crippen LogP contribution in [0.4, 0.5) is 14.0 Å². The van der Waals surface area contributed by atoms with Crippen LogP contribution in [0.5, 0.6) is 5.75 Å². The highest BCUT2D eigenvalue weighted by atomic mass is 32.1. The van der Waals surface area contributed by atoms with E-state index in [2.05, 4.69) is 54.3 Å². The summed E-state index contributed by atoms with van der Waals surface area (Å²) in [6, 6.07) is 13.1. The lowest BCUT2D eigenvalue weighted by Gasteiger charge is -2.30. The highest BCUT2D eigenvalue weighted by Crippen LogP contribution is 2.49. The number of fused-ring (bicyclic) bond motifs is 6. The van der Waals surface area contributed by atoms with Crippen molar-refractivity contribution in [2.75, 3.05) is 40.4 Å². The summed E-state index contributed by atoms with van der Waals surface area (Å²) in [5.41, 5.74) is 6.46. The molecule has 1 aliphatic carbocycles. The van der Waals surface area contributed by atoms with E-state index in [1.165, 1.54) is 31.1 Å². The van der Waals surface area contributed by atoms with E-state index in [0.717, 1.165) is 90.0 Å². The fourth-order valence-electron chi connectivity index (χ4n) is 10.2. The van der Waals surface area contributed by atoms with Crippen LogP contribution in [0.15, 0.2) is 54.9 Å². The van der Waals surface area contributed by atoms with Gasteiger partial charge in [0.1, 0.15) is 29.3 Å². The number of nitrogens with one attached hydrogen (secondary N) is 4. The molecule has 17 heteroatoms. The number of aromatic nitrogens is 5. The topological polar surface area (TPSA) is 172 Å². The Balaban J connectivity index is 0.970. The van der Waals surface area contributed by atoms with Gasteiger partial charge in [0.15, 0.2) is 0 Å². The van der Waals surface area contributed by atoms with Crippen molar-refractivity contribution in [1.29, 1.82) is 0 Å². The minimum atomic E-state index is -0.725. The first-order chi connectivity index (χ1) is 31.6. The maximum Gasteiger partial charge on any atom is 0.407 e. The number of halogens is 1. The molecule has 2 fully saturated rings. The van der Waals surface area contributed by atoms with Crippen molar-refractivity contribution in [2.24, 2.45) is 5.92 Å². The SMILES string of the molecule is COC(=O)NCCN1CCCC1c1ncc(-c2cc(F)c3c(c2)OC(c2cc4c(s2)CCCC4)n2c-3cc3cc(-c4cnc(C5CCCN5C(=O)C(NC(=O)OC)C(C)C)[nH]4)ccc32)[nH]1. The Labute approximate surface area is 380 Å². The van der Waals surface area contributed by atoms with E-state index in [1.807, 2.05) is 26.0 Å².